The number of nitrogens with two attached hydrogens (primary N) is 1. The highest BCUT2D eigenvalue weighted by Crippen LogP contribution is 2.26. The van der Waals surface area contributed by atoms with Crippen LogP contribution in [0.25, 0.3) is 0 Å². The van der Waals surface area contributed by atoms with Crippen LogP contribution in [-0.4, -0.2) is 28.8 Å². The molecule has 0 aliphatic rings. The Morgan fingerprint density at radius 3 is 2.67 bits per heavy atom. The van der Waals surface area contributed by atoms with Crippen molar-refractivity contribution in [3.63, 3.8) is 0 Å². The van der Waals surface area contributed by atoms with E-state index in [-0.39, 0.29) is 17.5 Å². The van der Waals surface area contributed by atoms with E-state index in [2.05, 4.69) is 14.7 Å². The first kappa shape index (κ1) is 14.4. The SMILES string of the molecule is COC(=O)c1nccc(Oc2ccc(N)cc2C(C)=O)n1. The maximum Gasteiger partial charge on any atom is 0.376 e. The summed E-state index contributed by atoms with van der Waals surface area (Å²) >= 11 is 0. The third kappa shape index (κ3) is 3.33. The van der Waals surface area contributed by atoms with Crippen molar-refractivity contribution in [1.82, 2.24) is 9.97 Å². The number of aromatic nitrogens is 2. The van der Waals surface area contributed by atoms with Crippen LogP contribution in [0.3, 0.4) is 0 Å². The van der Waals surface area contributed by atoms with Crippen LogP contribution in [0.5, 0.6) is 11.6 Å². The van der Waals surface area contributed by atoms with Gasteiger partial charge in [-0.3, -0.25) is 4.79 Å². The summed E-state index contributed by atoms with van der Waals surface area (Å²) < 4.78 is 10.1. The predicted octanol–water partition coefficient (Wildman–Crippen LogP) is 1.84. The molecule has 0 aliphatic carbocycles. The average molecular weight is 287 g/mol. The molecule has 21 heavy (non-hydrogen) atoms. The number of ether oxygens (including phenoxy) is 2. The normalized spacial score (nSPS) is 10.0. The Bertz CT molecular complexity index is 700. The van der Waals surface area contributed by atoms with Gasteiger partial charge in [0.15, 0.2) is 5.78 Å². The van der Waals surface area contributed by atoms with E-state index in [1.165, 1.54) is 32.4 Å². The number of carbonyl (C=O) groups excluding carboxylic acids is 2. The van der Waals surface area contributed by atoms with E-state index in [0.717, 1.165) is 0 Å². The molecule has 0 amide bonds. The number of ketones is 1. The Morgan fingerprint density at radius 1 is 1.24 bits per heavy atom. The molecule has 0 saturated carbocycles. The minimum Gasteiger partial charge on any atom is -0.463 e. The first-order valence-electron chi connectivity index (χ1n) is 6.01. The van der Waals surface area contributed by atoms with Crippen LogP contribution in [0.4, 0.5) is 5.69 Å². The summed E-state index contributed by atoms with van der Waals surface area (Å²) in [6.07, 6.45) is 1.36. The molecule has 1 aromatic carbocycles. The van der Waals surface area contributed by atoms with Crippen molar-refractivity contribution in [2.24, 2.45) is 0 Å². The number of methoxy groups -OCH3 is 1. The van der Waals surface area contributed by atoms with Gasteiger partial charge in [0.05, 0.1) is 12.7 Å². The van der Waals surface area contributed by atoms with E-state index >= 15 is 0 Å². The van der Waals surface area contributed by atoms with Crippen molar-refractivity contribution in [3.8, 4) is 11.6 Å². The maximum atomic E-state index is 11.6. The van der Waals surface area contributed by atoms with Crippen molar-refractivity contribution < 1.29 is 19.1 Å². The Morgan fingerprint density at radius 2 is 2.00 bits per heavy atom. The number of nitrogens with zero attached hydrogens (tertiary/aromatic N) is 2. The minimum atomic E-state index is -0.676. The van der Waals surface area contributed by atoms with Gasteiger partial charge in [0.1, 0.15) is 5.75 Å². The number of nitrogen functional groups attached to an aromatic ring is 1. The van der Waals surface area contributed by atoms with Gasteiger partial charge >= 0.3 is 5.97 Å². The summed E-state index contributed by atoms with van der Waals surface area (Å²) in [5.41, 5.74) is 6.42. The summed E-state index contributed by atoms with van der Waals surface area (Å²) in [7, 11) is 1.23. The fraction of sp³-hybridized carbons (Fsp3) is 0.143. The molecule has 108 valence electrons. The lowest BCUT2D eigenvalue weighted by Crippen LogP contribution is -2.08. The van der Waals surface area contributed by atoms with Crippen molar-refractivity contribution >= 4 is 17.4 Å². The molecule has 0 spiro atoms. The third-order valence-corrected chi connectivity index (χ3v) is 2.60. The maximum absolute atomic E-state index is 11.6. The number of benzene rings is 1. The second-order valence-corrected chi connectivity index (χ2v) is 4.12. The largest absolute Gasteiger partial charge is 0.463 e. The zero-order valence-electron chi connectivity index (χ0n) is 11.5. The van der Waals surface area contributed by atoms with Gasteiger partial charge in [-0.1, -0.05) is 0 Å². The number of carbonyl (C=O) groups is 2. The van der Waals surface area contributed by atoms with E-state index in [4.69, 9.17) is 10.5 Å². The van der Waals surface area contributed by atoms with E-state index < -0.39 is 5.97 Å². The van der Waals surface area contributed by atoms with Gasteiger partial charge in [0, 0.05) is 18.0 Å². The number of hydrogen-bond acceptors (Lipinski definition) is 7. The van der Waals surface area contributed by atoms with Crippen molar-refractivity contribution in [2.45, 2.75) is 6.92 Å². The molecule has 0 atom stereocenters. The summed E-state index contributed by atoms with van der Waals surface area (Å²) in [5, 5.41) is 0. The lowest BCUT2D eigenvalue weighted by molar-refractivity contribution is 0.0585. The number of Topliss-reactive ketones (excluding diaryl/α,β-unsaturated/α-hetero) is 1. The molecule has 7 nitrogen and oxygen atoms in total. The smallest absolute Gasteiger partial charge is 0.376 e. The van der Waals surface area contributed by atoms with Crippen LogP contribution in [0.1, 0.15) is 27.9 Å². The molecule has 2 aromatic rings. The average Bonchev–Trinajstić information content (AvgIpc) is 2.48. The molecule has 0 aliphatic heterocycles. The van der Waals surface area contributed by atoms with Gasteiger partial charge in [0.25, 0.3) is 0 Å². The number of rotatable bonds is 4. The molecular weight excluding hydrogens is 274 g/mol. The zero-order chi connectivity index (χ0) is 15.4. The van der Waals surface area contributed by atoms with Crippen molar-refractivity contribution in [1.29, 1.82) is 0 Å². The highest BCUT2D eigenvalue weighted by Gasteiger charge is 2.13. The molecule has 0 fully saturated rings. The van der Waals surface area contributed by atoms with E-state index in [0.29, 0.717) is 17.0 Å². The first-order valence-corrected chi connectivity index (χ1v) is 6.01. The van der Waals surface area contributed by atoms with Gasteiger partial charge in [-0.25, -0.2) is 9.78 Å². The lowest BCUT2D eigenvalue weighted by Gasteiger charge is -2.09. The van der Waals surface area contributed by atoms with Crippen LogP contribution in [-0.2, 0) is 4.74 Å². The Kier molecular flexibility index (Phi) is 4.13. The molecule has 2 rings (SSSR count). The number of hydrogen-bond donors (Lipinski definition) is 1. The van der Waals surface area contributed by atoms with Gasteiger partial charge < -0.3 is 15.2 Å². The van der Waals surface area contributed by atoms with Crippen LogP contribution in [0, 0.1) is 0 Å². The molecule has 0 radical (unpaired) electrons. The number of esters is 1. The van der Waals surface area contributed by atoms with Gasteiger partial charge in [-0.15, -0.1) is 0 Å². The monoisotopic (exact) mass is 287 g/mol. The highest BCUT2D eigenvalue weighted by molar-refractivity contribution is 5.97. The summed E-state index contributed by atoms with van der Waals surface area (Å²) in [4.78, 5) is 30.6. The standard InChI is InChI=1S/C14H13N3O4/c1-8(18)10-7-9(15)3-4-11(10)21-12-5-6-16-13(17-12)14(19)20-2/h3-7H,15H2,1-2H3. The van der Waals surface area contributed by atoms with Crippen molar-refractivity contribution in [2.75, 3.05) is 12.8 Å². The Hall–Kier alpha value is -2.96. The predicted molar refractivity (Wildman–Crippen MR) is 74.3 cm³/mol. The topological polar surface area (TPSA) is 104 Å². The van der Waals surface area contributed by atoms with Crippen LogP contribution in [0.2, 0.25) is 0 Å². The summed E-state index contributed by atoms with van der Waals surface area (Å²) in [6.45, 7) is 1.40. The van der Waals surface area contributed by atoms with E-state index in [1.807, 2.05) is 0 Å². The molecule has 1 aromatic heterocycles. The lowest BCUT2D eigenvalue weighted by atomic mass is 10.1. The minimum absolute atomic E-state index is 0.123. The van der Waals surface area contributed by atoms with Gasteiger partial charge in [0.2, 0.25) is 11.7 Å². The van der Waals surface area contributed by atoms with E-state index in [9.17, 15) is 9.59 Å². The fourth-order valence-electron chi connectivity index (χ4n) is 1.61. The molecule has 0 bridgehead atoms. The van der Waals surface area contributed by atoms with Gasteiger partial charge in [-0.2, -0.15) is 4.98 Å². The fourth-order valence-corrected chi connectivity index (χ4v) is 1.61. The van der Waals surface area contributed by atoms with Crippen LogP contribution >= 0.6 is 0 Å². The first-order chi connectivity index (χ1) is 10.0. The Labute approximate surface area is 120 Å². The van der Waals surface area contributed by atoms with Gasteiger partial charge in [-0.05, 0) is 25.1 Å². The van der Waals surface area contributed by atoms with E-state index in [1.54, 1.807) is 12.1 Å². The van der Waals surface area contributed by atoms with Crippen LogP contribution in [0.15, 0.2) is 30.5 Å². The molecule has 2 N–H and O–H groups in total. The van der Waals surface area contributed by atoms with Crippen molar-refractivity contribution in [3.05, 3.63) is 41.9 Å². The molecule has 1 heterocycles. The second kappa shape index (κ2) is 6.00. The molecule has 7 heteroatoms. The zero-order valence-corrected chi connectivity index (χ0v) is 11.5. The summed E-state index contributed by atoms with van der Waals surface area (Å²) in [5.74, 6) is -0.581. The molecule has 0 saturated heterocycles. The third-order valence-electron chi connectivity index (χ3n) is 2.60. The summed E-state index contributed by atoms with van der Waals surface area (Å²) in [6, 6.07) is 6.14. The second-order valence-electron chi connectivity index (χ2n) is 4.12. The molecular formula is C14H13N3O4. The Balaban J connectivity index is 2.34. The number of anilines is 1. The quantitative estimate of drug-likeness (QED) is 0.519. The molecule has 0 unspecified atom stereocenters. The highest BCUT2D eigenvalue weighted by atomic mass is 16.5. The van der Waals surface area contributed by atoms with Crippen LogP contribution < -0.4 is 10.5 Å².